The fraction of sp³-hybridized carbons (Fsp3) is 0.444. The van der Waals surface area contributed by atoms with Crippen LogP contribution in [0.5, 0.6) is 0 Å². The number of nitrogens with one attached hydrogen (secondary N) is 1. The maximum absolute atomic E-state index is 13.2. The maximum Gasteiger partial charge on any atom is 0.121 e. The molecule has 12 heavy (non-hydrogen) atoms. The third-order valence-corrected chi connectivity index (χ3v) is 2.19. The second-order valence-electron chi connectivity index (χ2n) is 3.02. The molecule has 1 fully saturated rings. The van der Waals surface area contributed by atoms with Crippen LogP contribution >= 0.6 is 0 Å². The lowest BCUT2D eigenvalue weighted by molar-refractivity contribution is 0.304. The molecule has 3 heteroatoms. The summed E-state index contributed by atoms with van der Waals surface area (Å²) in [5.41, 5.74) is 0.947. The molecule has 1 N–H and O–H groups in total. The monoisotopic (exact) mass is 166 g/mol. The average molecular weight is 166 g/mol. The van der Waals surface area contributed by atoms with Crippen molar-refractivity contribution in [3.63, 3.8) is 0 Å². The van der Waals surface area contributed by atoms with Crippen LogP contribution in [0.15, 0.2) is 24.5 Å². The first-order chi connectivity index (χ1) is 5.88. The Labute approximate surface area is 70.8 Å². The van der Waals surface area contributed by atoms with E-state index in [1.807, 2.05) is 12.1 Å². The van der Waals surface area contributed by atoms with Gasteiger partial charge < -0.3 is 5.32 Å². The molecule has 2 unspecified atom stereocenters. The van der Waals surface area contributed by atoms with Crippen molar-refractivity contribution < 1.29 is 4.39 Å². The third kappa shape index (κ3) is 1.32. The molecule has 0 amide bonds. The van der Waals surface area contributed by atoms with E-state index in [9.17, 15) is 4.39 Å². The van der Waals surface area contributed by atoms with Gasteiger partial charge in [-0.15, -0.1) is 0 Å². The predicted octanol–water partition coefficient (Wildman–Crippen LogP) is 1.45. The quantitative estimate of drug-likeness (QED) is 0.683. The normalized spacial score (nSPS) is 29.1. The highest BCUT2D eigenvalue weighted by molar-refractivity contribution is 5.16. The van der Waals surface area contributed by atoms with Crippen molar-refractivity contribution in [2.75, 3.05) is 6.54 Å². The molecule has 2 rings (SSSR count). The first-order valence-corrected chi connectivity index (χ1v) is 4.15. The van der Waals surface area contributed by atoms with Crippen LogP contribution in [0.3, 0.4) is 0 Å². The topological polar surface area (TPSA) is 24.9 Å². The van der Waals surface area contributed by atoms with Crippen LogP contribution < -0.4 is 5.32 Å². The molecule has 1 aromatic rings. The molecule has 2 heterocycles. The van der Waals surface area contributed by atoms with Gasteiger partial charge in [-0.3, -0.25) is 4.98 Å². The summed E-state index contributed by atoms with van der Waals surface area (Å²) in [4.78, 5) is 3.96. The minimum Gasteiger partial charge on any atom is -0.307 e. The zero-order valence-corrected chi connectivity index (χ0v) is 6.70. The van der Waals surface area contributed by atoms with Crippen LogP contribution in [-0.2, 0) is 0 Å². The lowest BCUT2D eigenvalue weighted by Gasteiger charge is -2.12. The van der Waals surface area contributed by atoms with E-state index >= 15 is 0 Å². The second kappa shape index (κ2) is 3.19. The number of aromatic nitrogens is 1. The van der Waals surface area contributed by atoms with Gasteiger partial charge >= 0.3 is 0 Å². The Hall–Kier alpha value is -0.960. The van der Waals surface area contributed by atoms with Gasteiger partial charge in [-0.1, -0.05) is 6.07 Å². The number of alkyl halides is 1. The lowest BCUT2D eigenvalue weighted by Crippen LogP contribution is -2.18. The summed E-state index contributed by atoms with van der Waals surface area (Å²) in [5, 5.41) is 3.11. The zero-order chi connectivity index (χ0) is 8.39. The van der Waals surface area contributed by atoms with Gasteiger partial charge in [0.1, 0.15) is 6.17 Å². The van der Waals surface area contributed by atoms with E-state index in [-0.39, 0.29) is 6.04 Å². The molecule has 2 nitrogen and oxygen atoms in total. The maximum atomic E-state index is 13.2. The van der Waals surface area contributed by atoms with Crippen molar-refractivity contribution in [3.05, 3.63) is 30.1 Å². The Morgan fingerprint density at radius 2 is 2.50 bits per heavy atom. The standard InChI is InChI=1S/C9H11FN2/c10-8-3-5-12-9(8)7-2-1-4-11-6-7/h1-2,4,6,8-9,12H,3,5H2. The molecule has 0 radical (unpaired) electrons. The van der Waals surface area contributed by atoms with E-state index in [4.69, 9.17) is 0 Å². The van der Waals surface area contributed by atoms with Crippen molar-refractivity contribution in [2.24, 2.45) is 0 Å². The predicted molar refractivity (Wildman–Crippen MR) is 44.5 cm³/mol. The average Bonchev–Trinajstić information content (AvgIpc) is 2.53. The smallest absolute Gasteiger partial charge is 0.121 e. The van der Waals surface area contributed by atoms with Crippen LogP contribution in [0.1, 0.15) is 18.0 Å². The highest BCUT2D eigenvalue weighted by atomic mass is 19.1. The van der Waals surface area contributed by atoms with Crippen molar-refractivity contribution in [1.29, 1.82) is 0 Å². The van der Waals surface area contributed by atoms with Gasteiger partial charge in [0.25, 0.3) is 0 Å². The minimum atomic E-state index is -0.755. The summed E-state index contributed by atoms with van der Waals surface area (Å²) in [6, 6.07) is 3.60. The molecule has 0 spiro atoms. The minimum absolute atomic E-state index is 0.140. The first-order valence-electron chi connectivity index (χ1n) is 4.15. The number of nitrogens with zero attached hydrogens (tertiary/aromatic N) is 1. The Bertz CT molecular complexity index is 250. The molecule has 1 aromatic heterocycles. The van der Waals surface area contributed by atoms with Gasteiger partial charge in [-0.05, 0) is 24.6 Å². The fourth-order valence-corrected chi connectivity index (χ4v) is 1.56. The molecular weight excluding hydrogens is 155 g/mol. The van der Waals surface area contributed by atoms with Crippen molar-refractivity contribution in [3.8, 4) is 0 Å². The summed E-state index contributed by atoms with van der Waals surface area (Å²) in [7, 11) is 0. The first kappa shape index (κ1) is 7.68. The van der Waals surface area contributed by atoms with E-state index in [0.29, 0.717) is 6.42 Å². The molecule has 64 valence electrons. The summed E-state index contributed by atoms with van der Waals surface area (Å²) < 4.78 is 13.2. The third-order valence-electron chi connectivity index (χ3n) is 2.19. The number of pyridine rings is 1. The van der Waals surface area contributed by atoms with E-state index in [1.165, 1.54) is 0 Å². The van der Waals surface area contributed by atoms with Gasteiger partial charge in [0.05, 0.1) is 6.04 Å². The molecule has 0 saturated carbocycles. The van der Waals surface area contributed by atoms with Gasteiger partial charge in [-0.2, -0.15) is 0 Å². The van der Waals surface area contributed by atoms with Gasteiger partial charge in [-0.25, -0.2) is 4.39 Å². The summed E-state index contributed by atoms with van der Waals surface area (Å²) in [5.74, 6) is 0. The molecular formula is C9H11FN2. The number of hydrogen-bond acceptors (Lipinski definition) is 2. The second-order valence-corrected chi connectivity index (χ2v) is 3.02. The summed E-state index contributed by atoms with van der Waals surface area (Å²) >= 11 is 0. The SMILES string of the molecule is FC1CCNC1c1cccnc1. The van der Waals surface area contributed by atoms with E-state index in [1.54, 1.807) is 12.4 Å². The molecule has 1 saturated heterocycles. The zero-order valence-electron chi connectivity index (χ0n) is 6.70. The van der Waals surface area contributed by atoms with Crippen LogP contribution in [-0.4, -0.2) is 17.7 Å². The number of rotatable bonds is 1. The van der Waals surface area contributed by atoms with Gasteiger partial charge in [0.2, 0.25) is 0 Å². The van der Waals surface area contributed by atoms with E-state index in [0.717, 1.165) is 12.1 Å². The number of hydrogen-bond donors (Lipinski definition) is 1. The Kier molecular flexibility index (Phi) is 2.04. The highest BCUT2D eigenvalue weighted by Crippen LogP contribution is 2.25. The van der Waals surface area contributed by atoms with Crippen molar-refractivity contribution >= 4 is 0 Å². The largest absolute Gasteiger partial charge is 0.307 e. The van der Waals surface area contributed by atoms with Crippen LogP contribution in [0.4, 0.5) is 4.39 Å². The van der Waals surface area contributed by atoms with Crippen LogP contribution in [0, 0.1) is 0 Å². The van der Waals surface area contributed by atoms with Crippen LogP contribution in [0.25, 0.3) is 0 Å². The molecule has 0 aromatic carbocycles. The summed E-state index contributed by atoms with van der Waals surface area (Å²) in [6.07, 6.45) is 3.27. The van der Waals surface area contributed by atoms with E-state index < -0.39 is 6.17 Å². The molecule has 1 aliphatic heterocycles. The van der Waals surface area contributed by atoms with Gasteiger partial charge in [0.15, 0.2) is 0 Å². The van der Waals surface area contributed by atoms with Crippen LogP contribution in [0.2, 0.25) is 0 Å². The van der Waals surface area contributed by atoms with Crippen molar-refractivity contribution in [1.82, 2.24) is 10.3 Å². The molecule has 0 bridgehead atoms. The van der Waals surface area contributed by atoms with Gasteiger partial charge in [0, 0.05) is 12.4 Å². The Morgan fingerprint density at radius 1 is 1.58 bits per heavy atom. The molecule has 0 aliphatic carbocycles. The number of halogens is 1. The Balaban J connectivity index is 2.19. The highest BCUT2D eigenvalue weighted by Gasteiger charge is 2.27. The molecule has 2 atom stereocenters. The molecule has 1 aliphatic rings. The fourth-order valence-electron chi connectivity index (χ4n) is 1.56. The lowest BCUT2D eigenvalue weighted by atomic mass is 10.1. The Morgan fingerprint density at radius 3 is 3.08 bits per heavy atom. The summed E-state index contributed by atoms with van der Waals surface area (Å²) in [6.45, 7) is 0.765. The van der Waals surface area contributed by atoms with E-state index in [2.05, 4.69) is 10.3 Å². The van der Waals surface area contributed by atoms with Crippen molar-refractivity contribution in [2.45, 2.75) is 18.6 Å².